The van der Waals surface area contributed by atoms with Gasteiger partial charge in [-0.1, -0.05) is 13.0 Å². The molecule has 132 valence electrons. The van der Waals surface area contributed by atoms with Gasteiger partial charge in [-0.05, 0) is 55.7 Å². The minimum absolute atomic E-state index is 0.327. The number of nitrogens with zero attached hydrogens (tertiary/aromatic N) is 1. The van der Waals surface area contributed by atoms with Crippen LogP contribution in [0.2, 0.25) is 0 Å². The third-order valence-corrected chi connectivity index (χ3v) is 4.94. The standard InChI is InChI=1S/C19H29N3O2/c1-13-10-16(13)22-19(20-2)21-12-14-8-9-17(23-3)18(11-14)24-15-6-4-5-7-15/h8-9,11,13,15-16H,4-7,10,12H2,1-3H3,(H2,20,21,22). The van der Waals surface area contributed by atoms with E-state index in [4.69, 9.17) is 9.47 Å². The lowest BCUT2D eigenvalue weighted by Gasteiger charge is -2.17. The van der Waals surface area contributed by atoms with Crippen molar-refractivity contribution in [3.63, 3.8) is 0 Å². The van der Waals surface area contributed by atoms with E-state index in [1.165, 1.54) is 19.3 Å². The zero-order chi connectivity index (χ0) is 16.9. The van der Waals surface area contributed by atoms with Gasteiger partial charge in [0.2, 0.25) is 0 Å². The molecule has 0 aromatic heterocycles. The number of aliphatic imine (C=N–C) groups is 1. The van der Waals surface area contributed by atoms with Crippen molar-refractivity contribution in [1.29, 1.82) is 0 Å². The second-order valence-electron chi connectivity index (χ2n) is 6.90. The molecule has 0 bridgehead atoms. The Bertz CT molecular complexity index is 582. The van der Waals surface area contributed by atoms with Crippen molar-refractivity contribution in [3.8, 4) is 11.5 Å². The van der Waals surface area contributed by atoms with Crippen LogP contribution < -0.4 is 20.1 Å². The third kappa shape index (κ3) is 4.34. The summed E-state index contributed by atoms with van der Waals surface area (Å²) in [6, 6.07) is 6.70. The second-order valence-corrected chi connectivity index (χ2v) is 6.90. The van der Waals surface area contributed by atoms with Crippen LogP contribution in [0.1, 0.15) is 44.6 Å². The maximum absolute atomic E-state index is 6.16. The number of rotatable bonds is 6. The summed E-state index contributed by atoms with van der Waals surface area (Å²) in [7, 11) is 3.50. The molecule has 0 heterocycles. The molecule has 2 atom stereocenters. The highest BCUT2D eigenvalue weighted by atomic mass is 16.5. The van der Waals surface area contributed by atoms with E-state index >= 15 is 0 Å². The van der Waals surface area contributed by atoms with Gasteiger partial charge >= 0.3 is 0 Å². The van der Waals surface area contributed by atoms with E-state index in [0.717, 1.165) is 41.8 Å². The highest BCUT2D eigenvalue weighted by molar-refractivity contribution is 5.80. The van der Waals surface area contributed by atoms with Crippen LogP contribution >= 0.6 is 0 Å². The van der Waals surface area contributed by atoms with Gasteiger partial charge in [-0.25, -0.2) is 0 Å². The first-order valence-electron chi connectivity index (χ1n) is 9.00. The molecule has 2 aliphatic carbocycles. The number of ether oxygens (including phenoxy) is 2. The van der Waals surface area contributed by atoms with Crippen LogP contribution in [0, 0.1) is 5.92 Å². The number of methoxy groups -OCH3 is 1. The number of guanidine groups is 1. The van der Waals surface area contributed by atoms with Crippen molar-refractivity contribution in [1.82, 2.24) is 10.6 Å². The second kappa shape index (κ2) is 7.77. The topological polar surface area (TPSA) is 54.9 Å². The van der Waals surface area contributed by atoms with Crippen LogP contribution in [-0.2, 0) is 6.54 Å². The Morgan fingerprint density at radius 1 is 1.25 bits per heavy atom. The van der Waals surface area contributed by atoms with Gasteiger partial charge in [0.15, 0.2) is 17.5 Å². The van der Waals surface area contributed by atoms with Gasteiger partial charge in [-0.15, -0.1) is 0 Å². The summed E-state index contributed by atoms with van der Waals surface area (Å²) in [5.74, 6) is 3.26. The highest BCUT2D eigenvalue weighted by Gasteiger charge is 2.33. The molecular weight excluding hydrogens is 302 g/mol. The van der Waals surface area contributed by atoms with Crippen molar-refractivity contribution in [2.24, 2.45) is 10.9 Å². The molecule has 5 heteroatoms. The Morgan fingerprint density at radius 2 is 2.00 bits per heavy atom. The van der Waals surface area contributed by atoms with Gasteiger partial charge in [0.1, 0.15) is 0 Å². The lowest BCUT2D eigenvalue weighted by Crippen LogP contribution is -2.38. The Kier molecular flexibility index (Phi) is 5.48. The smallest absolute Gasteiger partial charge is 0.191 e. The van der Waals surface area contributed by atoms with Crippen LogP contribution in [0.25, 0.3) is 0 Å². The lowest BCUT2D eigenvalue weighted by molar-refractivity contribution is 0.200. The zero-order valence-electron chi connectivity index (χ0n) is 15.0. The molecule has 2 saturated carbocycles. The highest BCUT2D eigenvalue weighted by Crippen LogP contribution is 2.32. The Hall–Kier alpha value is -1.91. The van der Waals surface area contributed by atoms with Crippen LogP contribution in [0.15, 0.2) is 23.2 Å². The summed E-state index contributed by atoms with van der Waals surface area (Å²) >= 11 is 0. The number of hydrogen-bond acceptors (Lipinski definition) is 3. The molecule has 0 aliphatic heterocycles. The average Bonchev–Trinajstić information content (AvgIpc) is 3.06. The van der Waals surface area contributed by atoms with E-state index in [1.54, 1.807) is 7.11 Å². The predicted octanol–water partition coefficient (Wildman–Crippen LogP) is 3.09. The molecule has 0 radical (unpaired) electrons. The van der Waals surface area contributed by atoms with Gasteiger partial charge in [-0.2, -0.15) is 0 Å². The summed E-state index contributed by atoms with van der Waals surface area (Å²) < 4.78 is 11.6. The molecule has 2 fully saturated rings. The Balaban J connectivity index is 1.60. The molecule has 1 aromatic rings. The first-order valence-corrected chi connectivity index (χ1v) is 9.00. The third-order valence-electron chi connectivity index (χ3n) is 4.94. The summed E-state index contributed by atoms with van der Waals surface area (Å²) in [5.41, 5.74) is 1.16. The molecule has 0 amide bonds. The zero-order valence-corrected chi connectivity index (χ0v) is 15.0. The SMILES string of the molecule is CN=C(NCc1ccc(OC)c(OC2CCCC2)c1)NC1CC1C. The number of hydrogen-bond donors (Lipinski definition) is 2. The average molecular weight is 331 g/mol. The largest absolute Gasteiger partial charge is 0.493 e. The molecule has 2 unspecified atom stereocenters. The molecule has 1 aromatic carbocycles. The number of benzene rings is 1. The molecule has 2 aliphatic rings. The maximum atomic E-state index is 6.16. The molecule has 0 saturated heterocycles. The first-order chi connectivity index (χ1) is 11.7. The van der Waals surface area contributed by atoms with Crippen molar-refractivity contribution in [2.45, 2.75) is 57.7 Å². The van der Waals surface area contributed by atoms with Crippen molar-refractivity contribution >= 4 is 5.96 Å². The number of nitrogens with one attached hydrogen (secondary N) is 2. The van der Waals surface area contributed by atoms with Gasteiger partial charge < -0.3 is 20.1 Å². The van der Waals surface area contributed by atoms with Crippen molar-refractivity contribution in [2.75, 3.05) is 14.2 Å². The van der Waals surface area contributed by atoms with E-state index in [1.807, 2.05) is 13.1 Å². The first kappa shape index (κ1) is 16.9. The van der Waals surface area contributed by atoms with Gasteiger partial charge in [0, 0.05) is 19.6 Å². The van der Waals surface area contributed by atoms with Crippen LogP contribution in [0.3, 0.4) is 0 Å². The summed E-state index contributed by atoms with van der Waals surface area (Å²) in [6.07, 6.45) is 6.35. The Morgan fingerprint density at radius 3 is 2.62 bits per heavy atom. The molecule has 0 spiro atoms. The predicted molar refractivity (Wildman–Crippen MR) is 96.8 cm³/mol. The summed E-state index contributed by atoms with van der Waals surface area (Å²) in [6.45, 7) is 2.97. The van der Waals surface area contributed by atoms with E-state index in [0.29, 0.717) is 18.7 Å². The normalized spacial score (nSPS) is 23.9. The van der Waals surface area contributed by atoms with Crippen LogP contribution in [0.5, 0.6) is 11.5 Å². The van der Waals surface area contributed by atoms with Crippen molar-refractivity contribution in [3.05, 3.63) is 23.8 Å². The summed E-state index contributed by atoms with van der Waals surface area (Å²) in [4.78, 5) is 4.30. The van der Waals surface area contributed by atoms with Crippen molar-refractivity contribution < 1.29 is 9.47 Å². The van der Waals surface area contributed by atoms with E-state index in [9.17, 15) is 0 Å². The van der Waals surface area contributed by atoms with E-state index in [2.05, 4.69) is 34.7 Å². The molecule has 2 N–H and O–H groups in total. The summed E-state index contributed by atoms with van der Waals surface area (Å²) in [5, 5.41) is 6.82. The van der Waals surface area contributed by atoms with Crippen LogP contribution in [0.4, 0.5) is 0 Å². The minimum Gasteiger partial charge on any atom is -0.493 e. The van der Waals surface area contributed by atoms with E-state index in [-0.39, 0.29) is 0 Å². The van der Waals surface area contributed by atoms with Crippen LogP contribution in [-0.4, -0.2) is 32.3 Å². The van der Waals surface area contributed by atoms with E-state index < -0.39 is 0 Å². The molecule has 3 rings (SSSR count). The fourth-order valence-electron chi connectivity index (χ4n) is 3.19. The minimum atomic E-state index is 0.327. The maximum Gasteiger partial charge on any atom is 0.191 e. The molecule has 5 nitrogen and oxygen atoms in total. The van der Waals surface area contributed by atoms with Gasteiger partial charge in [-0.3, -0.25) is 4.99 Å². The lowest BCUT2D eigenvalue weighted by atomic mass is 10.2. The Labute approximate surface area is 144 Å². The monoisotopic (exact) mass is 331 g/mol. The molecule has 24 heavy (non-hydrogen) atoms. The quantitative estimate of drug-likeness (QED) is 0.621. The fraction of sp³-hybridized carbons (Fsp3) is 0.632. The van der Waals surface area contributed by atoms with Gasteiger partial charge in [0.25, 0.3) is 0 Å². The molecular formula is C19H29N3O2. The van der Waals surface area contributed by atoms with Gasteiger partial charge in [0.05, 0.1) is 13.2 Å². The fourth-order valence-corrected chi connectivity index (χ4v) is 3.19.